The van der Waals surface area contributed by atoms with E-state index in [9.17, 15) is 0 Å². The second-order valence-electron chi connectivity index (χ2n) is 6.31. The fourth-order valence-corrected chi connectivity index (χ4v) is 3.25. The second kappa shape index (κ2) is 7.03. The summed E-state index contributed by atoms with van der Waals surface area (Å²) in [5.41, 5.74) is 1.97. The molecule has 128 valence electrons. The smallest absolute Gasteiger partial charge is 0.244 e. The van der Waals surface area contributed by atoms with Gasteiger partial charge in [-0.15, -0.1) is 0 Å². The number of rotatable bonds is 5. The first-order valence-corrected chi connectivity index (χ1v) is 8.49. The fraction of sp³-hybridized carbons (Fsp3) is 0.316. The summed E-state index contributed by atoms with van der Waals surface area (Å²) in [6.45, 7) is 3.99. The first kappa shape index (κ1) is 15.8. The monoisotopic (exact) mass is 336 g/mol. The number of aromatic nitrogens is 3. The lowest BCUT2D eigenvalue weighted by Crippen LogP contribution is -2.25. The highest BCUT2D eigenvalue weighted by molar-refractivity contribution is 5.48. The number of likely N-dealkylation sites (tertiary alicyclic amines) is 1. The van der Waals surface area contributed by atoms with E-state index >= 15 is 0 Å². The van der Waals surface area contributed by atoms with Crippen LogP contribution in [0.15, 0.2) is 57.3 Å². The third kappa shape index (κ3) is 3.53. The van der Waals surface area contributed by atoms with Gasteiger partial charge in [-0.1, -0.05) is 16.8 Å². The van der Waals surface area contributed by atoms with E-state index in [0.717, 1.165) is 37.4 Å². The van der Waals surface area contributed by atoms with Crippen molar-refractivity contribution in [2.45, 2.75) is 25.8 Å². The van der Waals surface area contributed by atoms with Gasteiger partial charge in [0.25, 0.3) is 0 Å². The molecule has 1 fully saturated rings. The van der Waals surface area contributed by atoms with Crippen LogP contribution < -0.4 is 0 Å². The molecule has 0 amide bonds. The van der Waals surface area contributed by atoms with Crippen LogP contribution in [-0.2, 0) is 0 Å². The predicted molar refractivity (Wildman–Crippen MR) is 93.4 cm³/mol. The van der Waals surface area contributed by atoms with Crippen molar-refractivity contribution in [3.63, 3.8) is 0 Å². The highest BCUT2D eigenvalue weighted by Crippen LogP contribution is 2.32. The number of pyridine rings is 1. The normalized spacial score (nSPS) is 18.8. The minimum atomic E-state index is 0.157. The molecule has 4 heterocycles. The van der Waals surface area contributed by atoms with Gasteiger partial charge in [0.1, 0.15) is 11.5 Å². The van der Waals surface area contributed by atoms with Crippen LogP contribution in [0.4, 0.5) is 0 Å². The van der Waals surface area contributed by atoms with Crippen LogP contribution in [0.3, 0.4) is 0 Å². The molecule has 4 rings (SSSR count). The molecule has 0 saturated carbocycles. The number of nitrogens with zero attached hydrogens (tertiary/aromatic N) is 4. The lowest BCUT2D eigenvalue weighted by Gasteiger charge is -2.21. The zero-order valence-corrected chi connectivity index (χ0v) is 14.1. The van der Waals surface area contributed by atoms with Crippen molar-refractivity contribution in [2.24, 2.45) is 0 Å². The number of hydrogen-bond donors (Lipinski definition) is 0. The molecule has 1 aliphatic heterocycles. The number of hydrogen-bond acceptors (Lipinski definition) is 6. The van der Waals surface area contributed by atoms with Gasteiger partial charge in [0, 0.05) is 12.7 Å². The Morgan fingerprint density at radius 3 is 3.08 bits per heavy atom. The first-order valence-electron chi connectivity index (χ1n) is 8.49. The standard InChI is InChI=1S/C19H20N4O2/c1-14(12-15-6-5-11-24-15)13-23-10-4-8-17(23)19-21-18(22-25-19)16-7-2-3-9-20-16/h2-3,5-7,9,11-12,17H,4,8,10,13H2,1H3/b14-12+. The van der Waals surface area contributed by atoms with E-state index in [0.29, 0.717) is 11.7 Å². The van der Waals surface area contributed by atoms with Crippen LogP contribution in [-0.4, -0.2) is 33.1 Å². The molecule has 0 spiro atoms. The van der Waals surface area contributed by atoms with Crippen molar-refractivity contribution in [3.8, 4) is 11.5 Å². The molecule has 3 aromatic rings. The first-order chi connectivity index (χ1) is 12.3. The van der Waals surface area contributed by atoms with E-state index in [2.05, 4.69) is 33.0 Å². The summed E-state index contributed by atoms with van der Waals surface area (Å²) < 4.78 is 10.9. The zero-order chi connectivity index (χ0) is 17.1. The topological polar surface area (TPSA) is 68.2 Å². The Bertz CT molecular complexity index is 839. The highest BCUT2D eigenvalue weighted by atomic mass is 16.5. The summed E-state index contributed by atoms with van der Waals surface area (Å²) in [6.07, 6.45) is 7.64. The summed E-state index contributed by atoms with van der Waals surface area (Å²) in [5, 5.41) is 4.10. The van der Waals surface area contributed by atoms with Crippen LogP contribution in [0.1, 0.15) is 37.5 Å². The molecular formula is C19H20N4O2. The Hall–Kier alpha value is -2.73. The summed E-state index contributed by atoms with van der Waals surface area (Å²) in [5.74, 6) is 2.10. The molecule has 0 N–H and O–H groups in total. The van der Waals surface area contributed by atoms with Crippen molar-refractivity contribution in [3.05, 3.63) is 60.0 Å². The Morgan fingerprint density at radius 2 is 2.28 bits per heavy atom. The Morgan fingerprint density at radius 1 is 1.32 bits per heavy atom. The molecule has 1 atom stereocenters. The van der Waals surface area contributed by atoms with Gasteiger partial charge in [0.2, 0.25) is 11.7 Å². The lowest BCUT2D eigenvalue weighted by atomic mass is 10.2. The van der Waals surface area contributed by atoms with Gasteiger partial charge in [0.05, 0.1) is 12.3 Å². The second-order valence-corrected chi connectivity index (χ2v) is 6.31. The molecule has 1 aliphatic rings. The van der Waals surface area contributed by atoms with Crippen molar-refractivity contribution < 1.29 is 8.94 Å². The Balaban J connectivity index is 1.49. The number of furan rings is 1. The van der Waals surface area contributed by atoms with Crippen LogP contribution in [0.5, 0.6) is 0 Å². The Kier molecular flexibility index (Phi) is 4.43. The van der Waals surface area contributed by atoms with E-state index in [1.807, 2.05) is 30.3 Å². The SMILES string of the molecule is C/C(=C\c1ccco1)CN1CCCC1c1nc(-c2ccccn2)no1. The largest absolute Gasteiger partial charge is 0.465 e. The van der Waals surface area contributed by atoms with Crippen molar-refractivity contribution >= 4 is 6.08 Å². The molecule has 0 radical (unpaired) electrons. The van der Waals surface area contributed by atoms with Gasteiger partial charge < -0.3 is 8.94 Å². The zero-order valence-electron chi connectivity index (χ0n) is 14.1. The molecule has 25 heavy (non-hydrogen) atoms. The highest BCUT2D eigenvalue weighted by Gasteiger charge is 2.30. The molecule has 6 nitrogen and oxygen atoms in total. The maximum absolute atomic E-state index is 5.54. The van der Waals surface area contributed by atoms with Gasteiger partial charge in [0.15, 0.2) is 0 Å². The van der Waals surface area contributed by atoms with E-state index in [1.54, 1.807) is 12.5 Å². The molecule has 3 aromatic heterocycles. The van der Waals surface area contributed by atoms with Crippen LogP contribution in [0, 0.1) is 0 Å². The maximum atomic E-state index is 5.54. The third-order valence-corrected chi connectivity index (χ3v) is 4.37. The maximum Gasteiger partial charge on any atom is 0.244 e. The minimum Gasteiger partial charge on any atom is -0.465 e. The van der Waals surface area contributed by atoms with E-state index in [4.69, 9.17) is 8.94 Å². The van der Waals surface area contributed by atoms with Crippen LogP contribution in [0.25, 0.3) is 17.6 Å². The molecule has 1 saturated heterocycles. The van der Waals surface area contributed by atoms with Gasteiger partial charge >= 0.3 is 0 Å². The van der Waals surface area contributed by atoms with Crippen LogP contribution >= 0.6 is 0 Å². The van der Waals surface area contributed by atoms with Crippen molar-refractivity contribution in [1.82, 2.24) is 20.0 Å². The molecular weight excluding hydrogens is 316 g/mol. The van der Waals surface area contributed by atoms with Crippen molar-refractivity contribution in [2.75, 3.05) is 13.1 Å². The molecule has 0 bridgehead atoms. The third-order valence-electron chi connectivity index (χ3n) is 4.37. The summed E-state index contributed by atoms with van der Waals surface area (Å²) in [6, 6.07) is 9.69. The molecule has 6 heteroatoms. The lowest BCUT2D eigenvalue weighted by molar-refractivity contribution is 0.222. The molecule has 0 aliphatic carbocycles. The predicted octanol–water partition coefficient (Wildman–Crippen LogP) is 3.97. The van der Waals surface area contributed by atoms with Gasteiger partial charge in [-0.05, 0) is 56.7 Å². The minimum absolute atomic E-state index is 0.157. The van der Waals surface area contributed by atoms with E-state index in [-0.39, 0.29) is 6.04 Å². The quantitative estimate of drug-likeness (QED) is 0.702. The van der Waals surface area contributed by atoms with Crippen molar-refractivity contribution in [1.29, 1.82) is 0 Å². The fourth-order valence-electron chi connectivity index (χ4n) is 3.25. The molecule has 1 unspecified atom stereocenters. The molecule has 0 aromatic carbocycles. The average molecular weight is 336 g/mol. The van der Waals surface area contributed by atoms with E-state index < -0.39 is 0 Å². The summed E-state index contributed by atoms with van der Waals surface area (Å²) >= 11 is 0. The Labute approximate surface area is 146 Å². The van der Waals surface area contributed by atoms with E-state index in [1.165, 1.54) is 5.57 Å². The van der Waals surface area contributed by atoms with Gasteiger partial charge in [-0.25, -0.2) is 0 Å². The van der Waals surface area contributed by atoms with Gasteiger partial charge in [-0.2, -0.15) is 4.98 Å². The van der Waals surface area contributed by atoms with Gasteiger partial charge in [-0.3, -0.25) is 9.88 Å². The average Bonchev–Trinajstić information content (AvgIpc) is 3.36. The van der Waals surface area contributed by atoms with Crippen LogP contribution in [0.2, 0.25) is 0 Å². The summed E-state index contributed by atoms with van der Waals surface area (Å²) in [7, 11) is 0. The summed E-state index contributed by atoms with van der Waals surface area (Å²) in [4.78, 5) is 11.2.